The Morgan fingerprint density at radius 3 is 2.81 bits per heavy atom. The summed E-state index contributed by atoms with van der Waals surface area (Å²) in [5.41, 5.74) is 0.891. The van der Waals surface area contributed by atoms with E-state index >= 15 is 0 Å². The summed E-state index contributed by atoms with van der Waals surface area (Å²) in [7, 11) is 0. The average Bonchev–Trinajstić information content (AvgIpc) is 2.86. The Balaban J connectivity index is 2.04. The zero-order valence-electron chi connectivity index (χ0n) is 11.9. The zero-order chi connectivity index (χ0) is 15.2. The van der Waals surface area contributed by atoms with Gasteiger partial charge in [-0.05, 0) is 18.1 Å². The van der Waals surface area contributed by atoms with E-state index in [9.17, 15) is 9.59 Å². The molecule has 0 atom stereocenters. The quantitative estimate of drug-likeness (QED) is 0.758. The second-order valence-corrected chi connectivity index (χ2v) is 5.48. The number of amides is 2. The second-order valence-electron chi connectivity index (χ2n) is 5.07. The highest BCUT2D eigenvalue weighted by Gasteiger charge is 2.24. The molecule has 0 saturated carbocycles. The van der Waals surface area contributed by atoms with Crippen molar-refractivity contribution in [2.75, 3.05) is 19.6 Å². The van der Waals surface area contributed by atoms with Crippen molar-refractivity contribution in [1.82, 2.24) is 9.80 Å². The maximum absolute atomic E-state index is 12.4. The first kappa shape index (κ1) is 15.6. The molecule has 1 aliphatic rings. The number of carbonyl (C=O) groups is 2. The normalized spacial score (nSPS) is 14.3. The fourth-order valence-electron chi connectivity index (χ4n) is 2.38. The molecule has 0 aromatic heterocycles. The summed E-state index contributed by atoms with van der Waals surface area (Å²) < 4.78 is 0. The fraction of sp³-hybridized carbons (Fsp3) is 0.375. The summed E-state index contributed by atoms with van der Waals surface area (Å²) in [6.07, 6.45) is 3.05. The van der Waals surface area contributed by atoms with Gasteiger partial charge in [-0.2, -0.15) is 0 Å². The molecule has 1 aromatic rings. The molecule has 1 heterocycles. The van der Waals surface area contributed by atoms with E-state index in [2.05, 4.69) is 6.58 Å². The van der Waals surface area contributed by atoms with Crippen molar-refractivity contribution >= 4 is 23.4 Å². The number of carbonyl (C=O) groups excluding carboxylic acids is 2. The average molecular weight is 307 g/mol. The van der Waals surface area contributed by atoms with Crippen LogP contribution in [0.5, 0.6) is 0 Å². The Bertz CT molecular complexity index is 545. The van der Waals surface area contributed by atoms with Gasteiger partial charge < -0.3 is 9.80 Å². The van der Waals surface area contributed by atoms with Crippen molar-refractivity contribution in [2.45, 2.75) is 19.4 Å². The smallest absolute Gasteiger partial charge is 0.242 e. The van der Waals surface area contributed by atoms with E-state index < -0.39 is 0 Å². The summed E-state index contributed by atoms with van der Waals surface area (Å²) in [5, 5.41) is 0.636. The van der Waals surface area contributed by atoms with E-state index in [1.54, 1.807) is 21.9 Å². The topological polar surface area (TPSA) is 40.6 Å². The van der Waals surface area contributed by atoms with Crippen molar-refractivity contribution in [2.24, 2.45) is 0 Å². The van der Waals surface area contributed by atoms with Gasteiger partial charge in [0.1, 0.15) is 0 Å². The van der Waals surface area contributed by atoms with Gasteiger partial charge in [0.25, 0.3) is 0 Å². The highest BCUT2D eigenvalue weighted by Crippen LogP contribution is 2.17. The third-order valence-electron chi connectivity index (χ3n) is 3.52. The van der Waals surface area contributed by atoms with E-state index in [4.69, 9.17) is 11.6 Å². The van der Waals surface area contributed by atoms with Crippen molar-refractivity contribution in [3.05, 3.63) is 47.5 Å². The Morgan fingerprint density at radius 1 is 1.43 bits per heavy atom. The Labute approximate surface area is 130 Å². The monoisotopic (exact) mass is 306 g/mol. The molecule has 0 radical (unpaired) electrons. The molecular formula is C16H19ClN2O2. The lowest BCUT2D eigenvalue weighted by Gasteiger charge is -2.24. The molecule has 21 heavy (non-hydrogen) atoms. The van der Waals surface area contributed by atoms with Crippen LogP contribution < -0.4 is 0 Å². The number of nitrogens with zero attached hydrogens (tertiary/aromatic N) is 2. The van der Waals surface area contributed by atoms with Gasteiger partial charge in [0, 0.05) is 31.1 Å². The van der Waals surface area contributed by atoms with E-state index in [0.29, 0.717) is 31.1 Å². The molecule has 2 amide bonds. The van der Waals surface area contributed by atoms with Crippen LogP contribution in [0.3, 0.4) is 0 Å². The first-order chi connectivity index (χ1) is 10.1. The lowest BCUT2D eigenvalue weighted by Crippen LogP contribution is -2.40. The van der Waals surface area contributed by atoms with Crippen molar-refractivity contribution in [3.63, 3.8) is 0 Å². The molecule has 0 spiro atoms. The van der Waals surface area contributed by atoms with Gasteiger partial charge in [0.15, 0.2) is 0 Å². The minimum Gasteiger partial charge on any atom is -0.333 e. The van der Waals surface area contributed by atoms with Crippen LogP contribution in [-0.4, -0.2) is 41.2 Å². The second kappa shape index (κ2) is 7.27. The minimum absolute atomic E-state index is 0.0552. The molecule has 0 N–H and O–H groups in total. The number of halogens is 1. The van der Waals surface area contributed by atoms with Crippen molar-refractivity contribution < 1.29 is 9.59 Å². The number of benzene rings is 1. The zero-order valence-corrected chi connectivity index (χ0v) is 12.7. The molecule has 1 aliphatic heterocycles. The van der Waals surface area contributed by atoms with Crippen LogP contribution in [0, 0.1) is 0 Å². The number of hydrogen-bond donors (Lipinski definition) is 0. The van der Waals surface area contributed by atoms with E-state index in [1.807, 2.05) is 18.2 Å². The van der Waals surface area contributed by atoms with Gasteiger partial charge in [0.05, 0.1) is 6.54 Å². The molecule has 0 bridgehead atoms. The van der Waals surface area contributed by atoms with Gasteiger partial charge in [-0.25, -0.2) is 0 Å². The Morgan fingerprint density at radius 2 is 2.19 bits per heavy atom. The molecule has 1 fully saturated rings. The number of likely N-dealkylation sites (tertiary alicyclic amines) is 1. The van der Waals surface area contributed by atoms with Crippen LogP contribution in [0.15, 0.2) is 36.9 Å². The molecule has 2 rings (SSSR count). The maximum atomic E-state index is 12.4. The van der Waals surface area contributed by atoms with Crippen molar-refractivity contribution in [1.29, 1.82) is 0 Å². The Kier molecular flexibility index (Phi) is 5.39. The standard InChI is InChI=1S/C16H19ClN2O2/c1-2-9-18(11-13-6-3-4-7-14(13)17)16(21)12-19-10-5-8-15(19)20/h2-4,6-7H,1,5,8-12H2. The van der Waals surface area contributed by atoms with Gasteiger partial charge in [0.2, 0.25) is 11.8 Å². The van der Waals surface area contributed by atoms with Crippen LogP contribution in [0.4, 0.5) is 0 Å². The van der Waals surface area contributed by atoms with Gasteiger partial charge in [-0.3, -0.25) is 9.59 Å². The minimum atomic E-state index is -0.0786. The van der Waals surface area contributed by atoms with Crippen LogP contribution in [0.2, 0.25) is 5.02 Å². The van der Waals surface area contributed by atoms with Crippen LogP contribution in [-0.2, 0) is 16.1 Å². The summed E-state index contributed by atoms with van der Waals surface area (Å²) in [6, 6.07) is 7.44. The summed E-state index contributed by atoms with van der Waals surface area (Å²) in [5.74, 6) is -0.0234. The van der Waals surface area contributed by atoms with E-state index in [1.165, 1.54) is 0 Å². The summed E-state index contributed by atoms with van der Waals surface area (Å²) >= 11 is 6.14. The summed E-state index contributed by atoms with van der Waals surface area (Å²) in [6.45, 7) is 5.35. The summed E-state index contributed by atoms with van der Waals surface area (Å²) in [4.78, 5) is 27.3. The van der Waals surface area contributed by atoms with Gasteiger partial charge in [-0.15, -0.1) is 6.58 Å². The third-order valence-corrected chi connectivity index (χ3v) is 3.89. The molecule has 4 nitrogen and oxygen atoms in total. The first-order valence-corrected chi connectivity index (χ1v) is 7.39. The maximum Gasteiger partial charge on any atom is 0.242 e. The lowest BCUT2D eigenvalue weighted by atomic mass is 10.2. The van der Waals surface area contributed by atoms with Crippen LogP contribution in [0.25, 0.3) is 0 Å². The highest BCUT2D eigenvalue weighted by molar-refractivity contribution is 6.31. The molecule has 112 valence electrons. The molecule has 0 unspecified atom stereocenters. The molecule has 1 aromatic carbocycles. The van der Waals surface area contributed by atoms with Gasteiger partial charge >= 0.3 is 0 Å². The third kappa shape index (κ3) is 4.08. The predicted octanol–water partition coefficient (Wildman–Crippen LogP) is 2.48. The van der Waals surface area contributed by atoms with E-state index in [0.717, 1.165) is 12.0 Å². The first-order valence-electron chi connectivity index (χ1n) is 7.01. The molecule has 1 saturated heterocycles. The molecular weight excluding hydrogens is 288 g/mol. The number of hydrogen-bond acceptors (Lipinski definition) is 2. The molecule has 0 aliphatic carbocycles. The van der Waals surface area contributed by atoms with Crippen molar-refractivity contribution in [3.8, 4) is 0 Å². The highest BCUT2D eigenvalue weighted by atomic mass is 35.5. The van der Waals surface area contributed by atoms with E-state index in [-0.39, 0.29) is 18.4 Å². The fourth-order valence-corrected chi connectivity index (χ4v) is 2.57. The van der Waals surface area contributed by atoms with Gasteiger partial charge in [-0.1, -0.05) is 35.9 Å². The molecule has 5 heteroatoms. The van der Waals surface area contributed by atoms with Crippen LogP contribution >= 0.6 is 11.6 Å². The Hall–Kier alpha value is -1.81. The SMILES string of the molecule is C=CCN(Cc1ccccc1Cl)C(=O)CN1CCCC1=O. The number of rotatable bonds is 6. The lowest BCUT2D eigenvalue weighted by molar-refractivity contribution is -0.138. The van der Waals surface area contributed by atoms with Crippen LogP contribution in [0.1, 0.15) is 18.4 Å². The predicted molar refractivity (Wildman–Crippen MR) is 82.9 cm³/mol. The largest absolute Gasteiger partial charge is 0.333 e.